The van der Waals surface area contributed by atoms with Crippen molar-refractivity contribution < 1.29 is 5.11 Å². The molecule has 2 rings (SSSR count). The molecule has 2 atom stereocenters. The van der Waals surface area contributed by atoms with Gasteiger partial charge < -0.3 is 15.3 Å². The number of nitrogens with one attached hydrogen (secondary N) is 1. The van der Waals surface area contributed by atoms with Crippen LogP contribution in [0, 0.1) is 5.92 Å². The van der Waals surface area contributed by atoms with Crippen LogP contribution in [-0.4, -0.2) is 48.8 Å². The molecular formula is C12H24N2O. The Morgan fingerprint density at radius 1 is 1.20 bits per heavy atom. The van der Waals surface area contributed by atoms with Crippen molar-refractivity contribution in [1.29, 1.82) is 0 Å². The fourth-order valence-corrected chi connectivity index (χ4v) is 3.04. The highest BCUT2D eigenvalue weighted by Crippen LogP contribution is 2.25. The standard InChI is InChI=1S/C12H24N2O/c1-14(11-3-2-4-12(11)15)9-10-5-7-13-8-6-10/h10-13,15H,2-9H2,1H3. The van der Waals surface area contributed by atoms with E-state index in [1.54, 1.807) is 0 Å². The number of hydrogen-bond donors (Lipinski definition) is 2. The van der Waals surface area contributed by atoms with Gasteiger partial charge in [-0.3, -0.25) is 0 Å². The third-order valence-electron chi connectivity index (χ3n) is 4.01. The normalized spacial score (nSPS) is 33.8. The molecule has 0 aromatic carbocycles. The lowest BCUT2D eigenvalue weighted by molar-refractivity contribution is 0.0737. The Bertz CT molecular complexity index is 192. The summed E-state index contributed by atoms with van der Waals surface area (Å²) in [6.07, 6.45) is 5.91. The Morgan fingerprint density at radius 2 is 1.93 bits per heavy atom. The van der Waals surface area contributed by atoms with E-state index < -0.39 is 0 Å². The molecule has 2 unspecified atom stereocenters. The Balaban J connectivity index is 1.77. The lowest BCUT2D eigenvalue weighted by Gasteiger charge is -2.32. The van der Waals surface area contributed by atoms with E-state index in [4.69, 9.17) is 0 Å². The van der Waals surface area contributed by atoms with Crippen LogP contribution < -0.4 is 5.32 Å². The molecule has 3 heteroatoms. The second-order valence-corrected chi connectivity index (χ2v) is 5.20. The highest BCUT2D eigenvalue weighted by atomic mass is 16.3. The van der Waals surface area contributed by atoms with Crippen molar-refractivity contribution in [3.8, 4) is 0 Å². The molecule has 1 aliphatic heterocycles. The number of nitrogens with zero attached hydrogens (tertiary/aromatic N) is 1. The largest absolute Gasteiger partial charge is 0.391 e. The SMILES string of the molecule is CN(CC1CCNCC1)C1CCCC1O. The molecule has 15 heavy (non-hydrogen) atoms. The molecule has 3 nitrogen and oxygen atoms in total. The summed E-state index contributed by atoms with van der Waals surface area (Å²) in [6, 6.07) is 0.430. The maximum atomic E-state index is 9.83. The van der Waals surface area contributed by atoms with Crippen molar-refractivity contribution in [2.75, 3.05) is 26.7 Å². The Hall–Kier alpha value is -0.120. The van der Waals surface area contributed by atoms with Crippen molar-refractivity contribution in [2.45, 2.75) is 44.2 Å². The monoisotopic (exact) mass is 212 g/mol. The quantitative estimate of drug-likeness (QED) is 0.727. The van der Waals surface area contributed by atoms with Crippen molar-refractivity contribution >= 4 is 0 Å². The summed E-state index contributed by atoms with van der Waals surface area (Å²) in [5.74, 6) is 0.837. The smallest absolute Gasteiger partial charge is 0.0695 e. The minimum Gasteiger partial charge on any atom is -0.391 e. The van der Waals surface area contributed by atoms with Crippen LogP contribution in [0.5, 0.6) is 0 Å². The van der Waals surface area contributed by atoms with Crippen molar-refractivity contribution in [2.24, 2.45) is 5.92 Å². The molecule has 0 aromatic rings. The van der Waals surface area contributed by atoms with Gasteiger partial charge in [-0.05, 0) is 58.2 Å². The first-order chi connectivity index (χ1) is 7.27. The number of aliphatic hydroxyl groups excluding tert-OH is 1. The summed E-state index contributed by atoms with van der Waals surface area (Å²) in [4.78, 5) is 2.40. The first-order valence-electron chi connectivity index (χ1n) is 6.36. The van der Waals surface area contributed by atoms with Crippen molar-refractivity contribution in [3.05, 3.63) is 0 Å². The number of likely N-dealkylation sites (N-methyl/N-ethyl adjacent to an activating group) is 1. The Kier molecular flexibility index (Phi) is 4.00. The summed E-state index contributed by atoms with van der Waals surface area (Å²) in [5, 5.41) is 13.2. The second-order valence-electron chi connectivity index (χ2n) is 5.20. The molecule has 1 saturated heterocycles. The molecule has 0 spiro atoms. The summed E-state index contributed by atoms with van der Waals surface area (Å²) >= 11 is 0. The van der Waals surface area contributed by atoms with Gasteiger partial charge in [0, 0.05) is 12.6 Å². The molecule has 1 aliphatic carbocycles. The molecule has 1 saturated carbocycles. The van der Waals surface area contributed by atoms with Crippen LogP contribution in [0.3, 0.4) is 0 Å². The van der Waals surface area contributed by atoms with Crippen LogP contribution in [0.4, 0.5) is 0 Å². The zero-order valence-corrected chi connectivity index (χ0v) is 9.78. The highest BCUT2D eigenvalue weighted by Gasteiger charge is 2.29. The molecule has 0 bridgehead atoms. The Labute approximate surface area is 92.8 Å². The minimum atomic E-state index is -0.0725. The first-order valence-corrected chi connectivity index (χ1v) is 6.36. The molecule has 0 aromatic heterocycles. The summed E-state index contributed by atoms with van der Waals surface area (Å²) in [7, 11) is 2.18. The zero-order valence-electron chi connectivity index (χ0n) is 9.78. The van der Waals surface area contributed by atoms with Gasteiger partial charge in [-0.2, -0.15) is 0 Å². The zero-order chi connectivity index (χ0) is 10.7. The average molecular weight is 212 g/mol. The molecule has 0 amide bonds. The third-order valence-corrected chi connectivity index (χ3v) is 4.01. The molecule has 2 fully saturated rings. The predicted molar refractivity (Wildman–Crippen MR) is 61.9 cm³/mol. The number of hydrogen-bond acceptors (Lipinski definition) is 3. The van der Waals surface area contributed by atoms with Crippen LogP contribution in [0.2, 0.25) is 0 Å². The predicted octanol–water partition coefficient (Wildman–Crippen LogP) is 0.831. The highest BCUT2D eigenvalue weighted by molar-refractivity contribution is 4.85. The van der Waals surface area contributed by atoms with Crippen molar-refractivity contribution in [1.82, 2.24) is 10.2 Å². The number of piperidine rings is 1. The molecule has 2 N–H and O–H groups in total. The van der Waals surface area contributed by atoms with Crippen LogP contribution in [-0.2, 0) is 0 Å². The summed E-state index contributed by atoms with van der Waals surface area (Å²) < 4.78 is 0. The second kappa shape index (κ2) is 5.28. The van der Waals surface area contributed by atoms with Gasteiger partial charge in [-0.25, -0.2) is 0 Å². The number of rotatable bonds is 3. The van der Waals surface area contributed by atoms with Crippen LogP contribution in [0.25, 0.3) is 0 Å². The van der Waals surface area contributed by atoms with Crippen LogP contribution >= 0.6 is 0 Å². The van der Waals surface area contributed by atoms with Gasteiger partial charge >= 0.3 is 0 Å². The van der Waals surface area contributed by atoms with Gasteiger partial charge in [0.25, 0.3) is 0 Å². The van der Waals surface area contributed by atoms with Gasteiger partial charge in [0.05, 0.1) is 6.10 Å². The average Bonchev–Trinajstić information content (AvgIpc) is 2.66. The van der Waals surface area contributed by atoms with E-state index in [-0.39, 0.29) is 6.10 Å². The number of aliphatic hydroxyl groups is 1. The molecular weight excluding hydrogens is 188 g/mol. The van der Waals surface area contributed by atoms with Crippen molar-refractivity contribution in [3.63, 3.8) is 0 Å². The molecule has 88 valence electrons. The molecule has 1 heterocycles. The van der Waals surface area contributed by atoms with E-state index in [2.05, 4.69) is 17.3 Å². The summed E-state index contributed by atoms with van der Waals surface area (Å²) in [6.45, 7) is 3.51. The maximum absolute atomic E-state index is 9.83. The van der Waals surface area contributed by atoms with E-state index in [9.17, 15) is 5.11 Å². The molecule has 2 aliphatic rings. The maximum Gasteiger partial charge on any atom is 0.0695 e. The van der Waals surface area contributed by atoms with Gasteiger partial charge in [0.1, 0.15) is 0 Å². The molecule has 0 radical (unpaired) electrons. The minimum absolute atomic E-state index is 0.0725. The van der Waals surface area contributed by atoms with E-state index in [1.165, 1.54) is 45.3 Å². The van der Waals surface area contributed by atoms with Gasteiger partial charge in [-0.15, -0.1) is 0 Å². The van der Waals surface area contributed by atoms with E-state index in [0.29, 0.717) is 6.04 Å². The van der Waals surface area contributed by atoms with Gasteiger partial charge in [-0.1, -0.05) is 0 Å². The third kappa shape index (κ3) is 2.92. The van der Waals surface area contributed by atoms with Gasteiger partial charge in [0.15, 0.2) is 0 Å². The fraction of sp³-hybridized carbons (Fsp3) is 1.00. The van der Waals surface area contributed by atoms with Crippen LogP contribution in [0.1, 0.15) is 32.1 Å². The first kappa shape index (κ1) is 11.4. The van der Waals surface area contributed by atoms with E-state index in [0.717, 1.165) is 12.3 Å². The Morgan fingerprint density at radius 3 is 2.53 bits per heavy atom. The topological polar surface area (TPSA) is 35.5 Å². The summed E-state index contributed by atoms with van der Waals surface area (Å²) in [5.41, 5.74) is 0. The van der Waals surface area contributed by atoms with Gasteiger partial charge in [0.2, 0.25) is 0 Å². The van der Waals surface area contributed by atoms with E-state index in [1.807, 2.05) is 0 Å². The fourth-order valence-electron chi connectivity index (χ4n) is 3.04. The lowest BCUT2D eigenvalue weighted by atomic mass is 9.97. The van der Waals surface area contributed by atoms with E-state index >= 15 is 0 Å². The van der Waals surface area contributed by atoms with Crippen LogP contribution in [0.15, 0.2) is 0 Å². The lowest BCUT2D eigenvalue weighted by Crippen LogP contribution is -2.42.